The van der Waals surface area contributed by atoms with E-state index in [0.29, 0.717) is 34.1 Å². The van der Waals surface area contributed by atoms with E-state index in [4.69, 9.17) is 4.74 Å². The van der Waals surface area contributed by atoms with Gasteiger partial charge in [0.15, 0.2) is 0 Å². The summed E-state index contributed by atoms with van der Waals surface area (Å²) in [6.07, 6.45) is 17.9. The van der Waals surface area contributed by atoms with Crippen LogP contribution in [0.4, 0.5) is 0 Å². The molecule has 0 bridgehead atoms. The van der Waals surface area contributed by atoms with Crippen LogP contribution in [-0.4, -0.2) is 37.2 Å². The predicted molar refractivity (Wildman–Crippen MR) is 187 cm³/mol. The van der Waals surface area contributed by atoms with E-state index in [0.717, 1.165) is 37.3 Å². The lowest BCUT2D eigenvalue weighted by Crippen LogP contribution is -2.65. The van der Waals surface area contributed by atoms with E-state index in [9.17, 15) is 14.7 Å². The van der Waals surface area contributed by atoms with Gasteiger partial charge in [-0.1, -0.05) is 65.3 Å². The van der Waals surface area contributed by atoms with Gasteiger partial charge < -0.3 is 15.2 Å². The molecule has 5 heteroatoms. The van der Waals surface area contributed by atoms with Gasteiger partial charge in [-0.15, -0.1) is 6.58 Å². The number of allylic oxidation sites excluding steroid dienone is 3. The largest absolute Gasteiger partial charge is 0.478 e. The van der Waals surface area contributed by atoms with Gasteiger partial charge in [-0.2, -0.15) is 0 Å². The number of carboxylic acids is 1. The van der Waals surface area contributed by atoms with Crippen LogP contribution in [0.3, 0.4) is 0 Å². The van der Waals surface area contributed by atoms with Gasteiger partial charge in [-0.05, 0) is 139 Å². The summed E-state index contributed by atoms with van der Waals surface area (Å²) >= 11 is 0. The Morgan fingerprint density at radius 3 is 2.28 bits per heavy atom. The molecule has 1 aromatic rings. The lowest BCUT2D eigenvalue weighted by molar-refractivity contribution is -0.222. The van der Waals surface area contributed by atoms with Crippen LogP contribution in [0.1, 0.15) is 128 Å². The number of methoxy groups -OCH3 is 1. The maximum Gasteiger partial charge on any atom is 0.335 e. The highest BCUT2D eigenvalue weighted by molar-refractivity contribution is 5.88. The molecule has 254 valence electrons. The van der Waals surface area contributed by atoms with E-state index in [1.807, 2.05) is 19.1 Å². The number of carbonyl (C=O) groups excluding carboxylic acids is 1. The minimum atomic E-state index is -0.862. The predicted octanol–water partition coefficient (Wildman–Crippen LogP) is 9.58. The van der Waals surface area contributed by atoms with Crippen LogP contribution in [0.15, 0.2) is 43.0 Å². The van der Waals surface area contributed by atoms with Crippen molar-refractivity contribution in [3.8, 4) is 0 Å². The molecule has 0 heterocycles. The van der Waals surface area contributed by atoms with Crippen molar-refractivity contribution in [3.05, 3.63) is 54.1 Å². The van der Waals surface area contributed by atoms with Crippen molar-refractivity contribution in [2.45, 2.75) is 112 Å². The molecule has 0 radical (unpaired) electrons. The summed E-state index contributed by atoms with van der Waals surface area (Å²) in [6, 6.07) is 7.59. The quantitative estimate of drug-likeness (QED) is 0.178. The molecule has 0 aliphatic heterocycles. The van der Waals surface area contributed by atoms with Crippen molar-refractivity contribution in [1.29, 1.82) is 0 Å². The van der Waals surface area contributed by atoms with E-state index >= 15 is 0 Å². The smallest absolute Gasteiger partial charge is 0.335 e. The van der Waals surface area contributed by atoms with Crippen molar-refractivity contribution in [2.24, 2.45) is 50.7 Å². The van der Waals surface area contributed by atoms with E-state index in [1.165, 1.54) is 76.0 Å². The fourth-order valence-corrected chi connectivity index (χ4v) is 12.5. The lowest BCUT2D eigenvalue weighted by atomic mass is 9.32. The summed E-state index contributed by atoms with van der Waals surface area (Å²) in [7, 11) is 1.48. The summed E-state index contributed by atoms with van der Waals surface area (Å²) in [5, 5.41) is 13.1. The number of carboxylic acid groups (broad SMARTS) is 1. The molecule has 6 rings (SSSR count). The summed E-state index contributed by atoms with van der Waals surface area (Å²) in [5.41, 5.74) is 4.37. The number of rotatable bonds is 7. The highest BCUT2D eigenvalue weighted by Crippen LogP contribution is 2.77. The Morgan fingerprint density at radius 1 is 0.935 bits per heavy atom. The van der Waals surface area contributed by atoms with Crippen molar-refractivity contribution >= 4 is 17.5 Å². The molecular weight excluding hydrogens is 570 g/mol. The highest BCUT2D eigenvalue weighted by Gasteiger charge is 2.69. The maximum atomic E-state index is 11.7. The van der Waals surface area contributed by atoms with Crippen LogP contribution in [0.2, 0.25) is 0 Å². The van der Waals surface area contributed by atoms with Gasteiger partial charge in [0.1, 0.15) is 0 Å². The molecule has 2 N–H and O–H groups in total. The standard InChI is InChI=1S/C38H55NO4.C3H6/c1-34(2)27(25-9-11-26(12-10-25)33(41)42)15-19-35(3)30(34)16-20-37(5)31(35)14-13-28-29-8-7-18-38(29,22-21-36(28,37)4)24-39-23-17-32(40)43-6;1-3-2/h9-12,15,28-31,39H,7-8,13-14,16-24H2,1-6H3,(H,41,42);3H,1H2,2H3/t28?,29?,30?,31?,35?,36-,37?,38?;/m1./s1. The van der Waals surface area contributed by atoms with Gasteiger partial charge >= 0.3 is 11.9 Å². The van der Waals surface area contributed by atoms with Crippen LogP contribution >= 0.6 is 0 Å². The van der Waals surface area contributed by atoms with Crippen LogP contribution in [0.5, 0.6) is 0 Å². The van der Waals surface area contributed by atoms with Gasteiger partial charge in [0.25, 0.3) is 0 Å². The van der Waals surface area contributed by atoms with E-state index < -0.39 is 5.97 Å². The topological polar surface area (TPSA) is 75.6 Å². The monoisotopic (exact) mass is 631 g/mol. The number of hydrogen-bond acceptors (Lipinski definition) is 4. The Morgan fingerprint density at radius 2 is 1.63 bits per heavy atom. The summed E-state index contributed by atoms with van der Waals surface area (Å²) in [4.78, 5) is 23.2. The number of ether oxygens (including phenoxy) is 1. The van der Waals surface area contributed by atoms with E-state index in [-0.39, 0.29) is 16.8 Å². The Labute approximate surface area is 279 Å². The number of nitrogens with one attached hydrogen (secondary N) is 1. The molecule has 5 nitrogen and oxygen atoms in total. The summed E-state index contributed by atoms with van der Waals surface area (Å²) in [5.74, 6) is 1.94. The van der Waals surface area contributed by atoms with Crippen LogP contribution in [0.25, 0.3) is 5.57 Å². The van der Waals surface area contributed by atoms with Crippen LogP contribution in [0, 0.1) is 50.7 Å². The third-order valence-electron chi connectivity index (χ3n) is 14.8. The molecule has 7 unspecified atom stereocenters. The second kappa shape index (κ2) is 12.9. The van der Waals surface area contributed by atoms with E-state index in [1.54, 1.807) is 18.2 Å². The fourth-order valence-electron chi connectivity index (χ4n) is 12.5. The second-order valence-corrected chi connectivity index (χ2v) is 16.9. The van der Waals surface area contributed by atoms with Gasteiger partial charge in [-0.25, -0.2) is 4.79 Å². The molecule has 0 saturated heterocycles. The Kier molecular flexibility index (Phi) is 9.79. The second-order valence-electron chi connectivity index (χ2n) is 16.9. The van der Waals surface area contributed by atoms with Gasteiger partial charge in [0.05, 0.1) is 19.1 Å². The maximum absolute atomic E-state index is 11.7. The molecule has 0 aromatic heterocycles. The zero-order valence-electron chi connectivity index (χ0n) is 29.8. The number of aromatic carboxylic acids is 1. The normalized spacial score (nSPS) is 38.8. The zero-order valence-corrected chi connectivity index (χ0v) is 29.8. The number of fused-ring (bicyclic) bond motifs is 7. The number of hydrogen-bond donors (Lipinski definition) is 2. The van der Waals surface area contributed by atoms with Crippen molar-refractivity contribution in [1.82, 2.24) is 5.32 Å². The first-order chi connectivity index (χ1) is 21.7. The molecule has 0 spiro atoms. The molecule has 0 amide bonds. The Balaban J connectivity index is 0.00000134. The average molecular weight is 632 g/mol. The highest BCUT2D eigenvalue weighted by atomic mass is 16.5. The minimum absolute atomic E-state index is 0.0415. The van der Waals surface area contributed by atoms with E-state index in [2.05, 4.69) is 52.6 Å². The molecular formula is C41H61NO4. The molecule has 5 aliphatic carbocycles. The first-order valence-electron chi connectivity index (χ1n) is 18.1. The molecule has 4 fully saturated rings. The summed E-state index contributed by atoms with van der Waals surface area (Å²) in [6.45, 7) is 20.0. The van der Waals surface area contributed by atoms with Gasteiger partial charge in [0.2, 0.25) is 0 Å². The fraction of sp³-hybridized carbons (Fsp3) is 0.707. The average Bonchev–Trinajstić information content (AvgIpc) is 3.44. The summed E-state index contributed by atoms with van der Waals surface area (Å²) < 4.78 is 4.87. The lowest BCUT2D eigenvalue weighted by Gasteiger charge is -2.72. The first kappa shape index (κ1) is 34.9. The third kappa shape index (κ3) is 5.51. The Bertz CT molecular complexity index is 1330. The van der Waals surface area contributed by atoms with Crippen molar-refractivity contribution in [2.75, 3.05) is 20.2 Å². The SMILES string of the molecule is C=CC.COC(=O)CCNCC12CCCC1C1CCC3C4(C)CC=C(c5ccc(C(=O)O)cc5)C(C)(C)C4CCC3(C)[C@]1(C)CC2. The van der Waals surface area contributed by atoms with Gasteiger partial charge in [-0.3, -0.25) is 4.79 Å². The molecule has 46 heavy (non-hydrogen) atoms. The molecule has 8 atom stereocenters. The third-order valence-corrected chi connectivity index (χ3v) is 14.8. The molecule has 1 aromatic carbocycles. The first-order valence-corrected chi connectivity index (χ1v) is 18.1. The van der Waals surface area contributed by atoms with Crippen LogP contribution < -0.4 is 5.32 Å². The number of esters is 1. The number of benzene rings is 1. The van der Waals surface area contributed by atoms with Gasteiger partial charge in [0, 0.05) is 13.1 Å². The Hall–Kier alpha value is -2.40. The zero-order chi connectivity index (χ0) is 33.5. The minimum Gasteiger partial charge on any atom is -0.478 e. The molecule has 5 aliphatic rings. The number of carbonyl (C=O) groups is 2. The van der Waals surface area contributed by atoms with Crippen molar-refractivity contribution < 1.29 is 19.4 Å². The van der Waals surface area contributed by atoms with Crippen molar-refractivity contribution in [3.63, 3.8) is 0 Å². The molecule has 4 saturated carbocycles. The van der Waals surface area contributed by atoms with Crippen LogP contribution in [-0.2, 0) is 9.53 Å².